The second kappa shape index (κ2) is 24.8. The predicted octanol–water partition coefficient (Wildman–Crippen LogP) is 9.09. The predicted molar refractivity (Wildman–Crippen MR) is 217 cm³/mol. The molecule has 0 saturated heterocycles. The fourth-order valence-electron chi connectivity index (χ4n) is 5.60. The van der Waals surface area contributed by atoms with Crippen LogP contribution in [0.15, 0.2) is 97.1 Å². The molecule has 0 spiro atoms. The summed E-state index contributed by atoms with van der Waals surface area (Å²) >= 11 is 0. The lowest BCUT2D eigenvalue weighted by atomic mass is 10.2. The first-order valence-electron chi connectivity index (χ1n) is 19.7. The Morgan fingerprint density at radius 1 is 0.414 bits per heavy atom. The summed E-state index contributed by atoms with van der Waals surface area (Å²) in [4.78, 5) is 51.0. The molecule has 0 amide bonds. The number of unbranched alkanes of at least 4 members (excludes halogenated alkanes) is 6. The molecule has 12 nitrogen and oxygen atoms in total. The van der Waals surface area contributed by atoms with Crippen LogP contribution in [-0.2, 0) is 18.9 Å². The maximum absolute atomic E-state index is 12.8. The van der Waals surface area contributed by atoms with E-state index in [4.69, 9.17) is 37.9 Å². The highest BCUT2D eigenvalue weighted by Gasteiger charge is 2.25. The first-order valence-corrected chi connectivity index (χ1v) is 19.7. The van der Waals surface area contributed by atoms with Crippen molar-refractivity contribution in [3.63, 3.8) is 0 Å². The van der Waals surface area contributed by atoms with Crippen LogP contribution >= 0.6 is 0 Å². The number of carbonyl (C=O) groups is 4. The van der Waals surface area contributed by atoms with Crippen LogP contribution in [0.25, 0.3) is 0 Å². The lowest BCUT2D eigenvalue weighted by molar-refractivity contribution is -0.0862. The van der Waals surface area contributed by atoms with Gasteiger partial charge in [-0.05, 0) is 110 Å². The van der Waals surface area contributed by atoms with E-state index in [0.717, 1.165) is 38.5 Å². The first-order chi connectivity index (χ1) is 28.2. The normalized spacial score (nSPS) is 11.9. The van der Waals surface area contributed by atoms with Crippen molar-refractivity contribution in [3.05, 3.63) is 119 Å². The Morgan fingerprint density at radius 2 is 0.724 bits per heavy atom. The van der Waals surface area contributed by atoms with E-state index in [0.29, 0.717) is 35.8 Å². The van der Waals surface area contributed by atoms with E-state index in [1.807, 2.05) is 0 Å². The molecule has 0 aliphatic heterocycles. The molecule has 12 heteroatoms. The van der Waals surface area contributed by atoms with Crippen molar-refractivity contribution in [1.29, 1.82) is 0 Å². The highest BCUT2D eigenvalue weighted by molar-refractivity contribution is 5.93. The molecule has 0 aliphatic rings. The monoisotopic (exact) mass is 798 g/mol. The van der Waals surface area contributed by atoms with Gasteiger partial charge in [0.1, 0.15) is 48.4 Å². The number of esters is 4. The average Bonchev–Trinajstić information content (AvgIpc) is 3.25. The summed E-state index contributed by atoms with van der Waals surface area (Å²) in [6, 6.07) is 25.4. The number of carbonyl (C=O) groups excluding carboxylic acids is 4. The maximum Gasteiger partial charge on any atom is 0.343 e. The fourth-order valence-corrected chi connectivity index (χ4v) is 5.60. The topological polar surface area (TPSA) is 142 Å². The van der Waals surface area contributed by atoms with E-state index in [1.165, 1.54) is 75.6 Å². The average molecular weight is 799 g/mol. The number of hydrogen-bond acceptors (Lipinski definition) is 12. The van der Waals surface area contributed by atoms with Crippen LogP contribution in [0, 0.1) is 0 Å². The lowest BCUT2D eigenvalue weighted by Gasteiger charge is -2.24. The minimum atomic E-state index is -0.770. The molecule has 58 heavy (non-hydrogen) atoms. The first kappa shape index (κ1) is 45.0. The minimum Gasteiger partial charge on any atom is -0.494 e. The van der Waals surface area contributed by atoms with Crippen molar-refractivity contribution < 1.29 is 57.1 Å². The van der Waals surface area contributed by atoms with Gasteiger partial charge in [0.2, 0.25) is 0 Å². The highest BCUT2D eigenvalue weighted by atomic mass is 16.6. The third-order valence-corrected chi connectivity index (χ3v) is 9.09. The van der Waals surface area contributed by atoms with Gasteiger partial charge >= 0.3 is 23.9 Å². The molecule has 0 bridgehead atoms. The quantitative estimate of drug-likeness (QED) is 0.0359. The van der Waals surface area contributed by atoms with E-state index in [1.54, 1.807) is 48.5 Å². The number of methoxy groups -OCH3 is 2. The molecule has 310 valence electrons. The van der Waals surface area contributed by atoms with Gasteiger partial charge in [0.25, 0.3) is 0 Å². The molecule has 0 radical (unpaired) electrons. The van der Waals surface area contributed by atoms with Crippen LogP contribution in [-0.4, -0.2) is 76.7 Å². The van der Waals surface area contributed by atoms with Gasteiger partial charge in [-0.25, -0.2) is 19.2 Å². The van der Waals surface area contributed by atoms with Crippen LogP contribution in [0.1, 0.15) is 107 Å². The van der Waals surface area contributed by atoms with Gasteiger partial charge in [-0.15, -0.1) is 0 Å². The molecule has 0 heterocycles. The molecule has 0 aliphatic carbocycles. The molecule has 0 N–H and O–H groups in total. The van der Waals surface area contributed by atoms with E-state index in [-0.39, 0.29) is 35.8 Å². The molecule has 4 rings (SSSR count). The Kier molecular flexibility index (Phi) is 19.2. The van der Waals surface area contributed by atoms with Crippen LogP contribution < -0.4 is 18.9 Å². The molecule has 4 aromatic carbocycles. The second-order valence-electron chi connectivity index (χ2n) is 13.4. The van der Waals surface area contributed by atoms with Crippen molar-refractivity contribution in [2.45, 2.75) is 77.4 Å². The Balaban J connectivity index is 1.18. The zero-order valence-electron chi connectivity index (χ0n) is 33.8. The lowest BCUT2D eigenvalue weighted by Crippen LogP contribution is -2.38. The molecule has 0 unspecified atom stereocenters. The van der Waals surface area contributed by atoms with Gasteiger partial charge in [0.15, 0.2) is 0 Å². The van der Waals surface area contributed by atoms with Crippen LogP contribution in [0.2, 0.25) is 0 Å². The summed E-state index contributed by atoms with van der Waals surface area (Å²) < 4.78 is 44.3. The number of rotatable bonds is 25. The third-order valence-electron chi connectivity index (χ3n) is 9.09. The van der Waals surface area contributed by atoms with Crippen molar-refractivity contribution >= 4 is 23.9 Å². The van der Waals surface area contributed by atoms with Crippen LogP contribution in [0.4, 0.5) is 0 Å². The van der Waals surface area contributed by atoms with Gasteiger partial charge in [0, 0.05) is 14.2 Å². The Morgan fingerprint density at radius 3 is 1.03 bits per heavy atom. The Hall–Kier alpha value is -5.72. The van der Waals surface area contributed by atoms with E-state index in [2.05, 4.69) is 13.8 Å². The van der Waals surface area contributed by atoms with E-state index in [9.17, 15) is 19.2 Å². The smallest absolute Gasteiger partial charge is 0.343 e. The van der Waals surface area contributed by atoms with Crippen LogP contribution in [0.3, 0.4) is 0 Å². The molecule has 0 aromatic heterocycles. The zero-order chi connectivity index (χ0) is 41.5. The summed E-state index contributed by atoms with van der Waals surface area (Å²) in [5.41, 5.74) is 1.17. The summed E-state index contributed by atoms with van der Waals surface area (Å²) in [6.45, 7) is 5.17. The molecule has 4 aromatic rings. The van der Waals surface area contributed by atoms with Gasteiger partial charge in [-0.2, -0.15) is 0 Å². The minimum absolute atomic E-state index is 0.199. The standard InChI is InChI=1S/C46H54O12/c1-5-7-9-11-29-53-37-21-13-35(14-22-37)45(49)57-39-25-17-33(18-26-39)43(47)55-31-41(51-3)42(52-4)32-56-44(48)34-19-27-40(28-20-34)58-46(50)36-15-23-38(24-16-36)54-30-12-10-8-6-2/h13-28,41-42H,5-12,29-32H2,1-4H3/t41-,42-/m1/s1. The van der Waals surface area contributed by atoms with Crippen LogP contribution in [0.5, 0.6) is 23.0 Å². The summed E-state index contributed by atoms with van der Waals surface area (Å²) in [6.07, 6.45) is 7.33. The fraction of sp³-hybridized carbons (Fsp3) is 0.391. The summed E-state index contributed by atoms with van der Waals surface area (Å²) in [7, 11) is 2.84. The number of benzene rings is 4. The number of hydrogen-bond donors (Lipinski definition) is 0. The van der Waals surface area contributed by atoms with Gasteiger partial charge < -0.3 is 37.9 Å². The highest BCUT2D eigenvalue weighted by Crippen LogP contribution is 2.20. The van der Waals surface area contributed by atoms with Gasteiger partial charge in [0.05, 0.1) is 35.5 Å². The van der Waals surface area contributed by atoms with E-state index < -0.39 is 36.1 Å². The van der Waals surface area contributed by atoms with Gasteiger partial charge in [-0.1, -0.05) is 52.4 Å². The summed E-state index contributed by atoms with van der Waals surface area (Å²) in [5, 5.41) is 0. The maximum atomic E-state index is 12.8. The Labute approximate surface area is 340 Å². The molecular formula is C46H54O12. The number of ether oxygens (including phenoxy) is 8. The van der Waals surface area contributed by atoms with Crippen molar-refractivity contribution in [2.75, 3.05) is 40.6 Å². The van der Waals surface area contributed by atoms with Crippen molar-refractivity contribution in [1.82, 2.24) is 0 Å². The zero-order valence-corrected chi connectivity index (χ0v) is 33.8. The molecule has 0 fully saturated rings. The van der Waals surface area contributed by atoms with Gasteiger partial charge in [-0.3, -0.25) is 0 Å². The summed E-state index contributed by atoms with van der Waals surface area (Å²) in [5.74, 6) is -0.498. The van der Waals surface area contributed by atoms with E-state index >= 15 is 0 Å². The Bertz CT molecular complexity index is 1700. The van der Waals surface area contributed by atoms with Crippen molar-refractivity contribution in [2.24, 2.45) is 0 Å². The molecule has 2 atom stereocenters. The second-order valence-corrected chi connectivity index (χ2v) is 13.4. The molecule has 0 saturated carbocycles. The largest absolute Gasteiger partial charge is 0.494 e. The third kappa shape index (κ3) is 15.0. The van der Waals surface area contributed by atoms with Crippen molar-refractivity contribution in [3.8, 4) is 23.0 Å². The SMILES string of the molecule is CCCCCCOc1ccc(C(=O)Oc2ccc(C(=O)OC[C@@H](OC)[C@@H](COC(=O)c3ccc(OC(=O)c4ccc(OCCCCCC)cc4)cc3)OC)cc2)cc1. The molecular weight excluding hydrogens is 744 g/mol.